The number of hydrogen-bond acceptors (Lipinski definition) is 0. The lowest BCUT2D eigenvalue weighted by molar-refractivity contribution is 0.458. The summed E-state index contributed by atoms with van der Waals surface area (Å²) in [4.78, 5) is 0. The maximum Gasteiger partial charge on any atom is 0.146 e. The van der Waals surface area contributed by atoms with Crippen LogP contribution in [0.5, 0.6) is 0 Å². The lowest BCUT2D eigenvalue weighted by Gasteiger charge is -2.37. The monoisotopic (exact) mass is 296 g/mol. The van der Waals surface area contributed by atoms with Crippen LogP contribution in [-0.2, 0) is 0 Å². The minimum absolute atomic E-state index is 0.732. The van der Waals surface area contributed by atoms with Gasteiger partial charge in [-0.25, -0.2) is 0 Å². The SMILES string of the molecule is CC(CB(C1CCCCC1)C1CCCCC1)c1ccccc1. The molecular formula is C21H33B. The van der Waals surface area contributed by atoms with Crippen LogP contribution < -0.4 is 0 Å². The van der Waals surface area contributed by atoms with Gasteiger partial charge in [0.25, 0.3) is 0 Å². The molecule has 2 fully saturated rings. The van der Waals surface area contributed by atoms with Gasteiger partial charge in [-0.2, -0.15) is 0 Å². The molecule has 0 nitrogen and oxygen atoms in total. The van der Waals surface area contributed by atoms with Crippen molar-refractivity contribution in [3.8, 4) is 0 Å². The quantitative estimate of drug-likeness (QED) is 0.515. The van der Waals surface area contributed by atoms with E-state index in [1.165, 1.54) is 70.5 Å². The van der Waals surface area contributed by atoms with Crippen LogP contribution in [0.3, 0.4) is 0 Å². The van der Waals surface area contributed by atoms with E-state index in [0.717, 1.165) is 24.3 Å². The molecule has 1 atom stereocenters. The molecule has 0 N–H and O–H groups in total. The zero-order chi connectivity index (χ0) is 15.2. The van der Waals surface area contributed by atoms with Crippen LogP contribution in [0.1, 0.15) is 82.6 Å². The highest BCUT2D eigenvalue weighted by Crippen LogP contribution is 2.44. The van der Waals surface area contributed by atoms with Crippen molar-refractivity contribution >= 4 is 6.71 Å². The Balaban J connectivity index is 1.69. The Morgan fingerprint density at radius 2 is 1.32 bits per heavy atom. The molecule has 2 aliphatic carbocycles. The van der Waals surface area contributed by atoms with Gasteiger partial charge in [-0.1, -0.05) is 119 Å². The predicted molar refractivity (Wildman–Crippen MR) is 99.1 cm³/mol. The molecule has 0 bridgehead atoms. The van der Waals surface area contributed by atoms with Gasteiger partial charge >= 0.3 is 0 Å². The van der Waals surface area contributed by atoms with E-state index in [1.807, 2.05) is 0 Å². The molecule has 0 heterocycles. The Hall–Kier alpha value is -0.715. The molecule has 0 aliphatic heterocycles. The van der Waals surface area contributed by atoms with Gasteiger partial charge < -0.3 is 0 Å². The highest BCUT2D eigenvalue weighted by Gasteiger charge is 2.35. The Kier molecular flexibility index (Phi) is 6.04. The lowest BCUT2D eigenvalue weighted by atomic mass is 9.28. The van der Waals surface area contributed by atoms with Gasteiger partial charge in [0.05, 0.1) is 0 Å². The van der Waals surface area contributed by atoms with E-state index >= 15 is 0 Å². The molecule has 0 saturated heterocycles. The normalized spacial score (nSPS) is 22.4. The number of benzene rings is 1. The highest BCUT2D eigenvalue weighted by molar-refractivity contribution is 6.62. The Labute approximate surface area is 138 Å². The van der Waals surface area contributed by atoms with Crippen molar-refractivity contribution < 1.29 is 0 Å². The van der Waals surface area contributed by atoms with Crippen molar-refractivity contribution in [2.45, 2.75) is 95.0 Å². The van der Waals surface area contributed by atoms with E-state index in [0.29, 0.717) is 0 Å². The van der Waals surface area contributed by atoms with E-state index in [1.54, 1.807) is 5.56 Å². The van der Waals surface area contributed by atoms with Crippen LogP contribution in [0.2, 0.25) is 18.0 Å². The first-order valence-electron chi connectivity index (χ1n) is 9.89. The molecule has 1 aromatic rings. The molecule has 1 heteroatoms. The molecular weight excluding hydrogens is 263 g/mol. The zero-order valence-electron chi connectivity index (χ0n) is 14.5. The fourth-order valence-corrected chi connectivity index (χ4v) is 5.22. The summed E-state index contributed by atoms with van der Waals surface area (Å²) >= 11 is 0. The first-order valence-corrected chi connectivity index (χ1v) is 9.89. The summed E-state index contributed by atoms with van der Waals surface area (Å²) in [6.07, 6.45) is 16.4. The molecule has 0 amide bonds. The van der Waals surface area contributed by atoms with E-state index in [-0.39, 0.29) is 0 Å². The summed E-state index contributed by atoms with van der Waals surface area (Å²) < 4.78 is 0. The third kappa shape index (κ3) is 4.18. The van der Waals surface area contributed by atoms with E-state index in [9.17, 15) is 0 Å². The summed E-state index contributed by atoms with van der Waals surface area (Å²) in [6.45, 7) is 3.46. The second-order valence-electron chi connectivity index (χ2n) is 8.01. The smallest absolute Gasteiger partial charge is 0.0670 e. The summed E-state index contributed by atoms with van der Waals surface area (Å²) in [5.41, 5.74) is 1.55. The second-order valence-corrected chi connectivity index (χ2v) is 8.01. The highest BCUT2D eigenvalue weighted by atomic mass is 14.2. The van der Waals surface area contributed by atoms with Gasteiger partial charge in [0.1, 0.15) is 6.71 Å². The Morgan fingerprint density at radius 3 is 1.82 bits per heavy atom. The van der Waals surface area contributed by atoms with Crippen molar-refractivity contribution in [3.63, 3.8) is 0 Å². The summed E-state index contributed by atoms with van der Waals surface area (Å²) in [5, 5.41) is 0. The molecule has 1 aromatic carbocycles. The third-order valence-electron chi connectivity index (χ3n) is 6.50. The van der Waals surface area contributed by atoms with Crippen molar-refractivity contribution in [1.82, 2.24) is 0 Å². The van der Waals surface area contributed by atoms with Crippen LogP contribution in [0, 0.1) is 0 Å². The number of hydrogen-bond donors (Lipinski definition) is 0. The third-order valence-corrected chi connectivity index (χ3v) is 6.50. The van der Waals surface area contributed by atoms with Gasteiger partial charge in [-0.3, -0.25) is 0 Å². The Bertz CT molecular complexity index is 397. The molecule has 2 aliphatic rings. The fourth-order valence-electron chi connectivity index (χ4n) is 5.22. The zero-order valence-corrected chi connectivity index (χ0v) is 14.5. The van der Waals surface area contributed by atoms with Crippen LogP contribution in [0.25, 0.3) is 0 Å². The first kappa shape index (κ1) is 16.2. The summed E-state index contributed by atoms with van der Waals surface area (Å²) in [5.74, 6) is 2.79. The van der Waals surface area contributed by atoms with Crippen molar-refractivity contribution in [1.29, 1.82) is 0 Å². The minimum atomic E-state index is 0.732. The van der Waals surface area contributed by atoms with Gasteiger partial charge in [0.15, 0.2) is 0 Å². The standard InChI is InChI=1S/C21H33B/c1-18(19-11-5-2-6-12-19)17-22(20-13-7-3-8-14-20)21-15-9-4-10-16-21/h2,5-6,11-12,18,20-21H,3-4,7-10,13-17H2,1H3. The van der Waals surface area contributed by atoms with Crippen LogP contribution >= 0.6 is 0 Å². The summed E-state index contributed by atoms with van der Waals surface area (Å²) in [6, 6.07) is 11.2. The van der Waals surface area contributed by atoms with E-state index < -0.39 is 0 Å². The fraction of sp³-hybridized carbons (Fsp3) is 0.714. The van der Waals surface area contributed by atoms with Crippen LogP contribution in [0.4, 0.5) is 0 Å². The van der Waals surface area contributed by atoms with Crippen LogP contribution in [0.15, 0.2) is 30.3 Å². The van der Waals surface area contributed by atoms with Crippen molar-refractivity contribution in [3.05, 3.63) is 35.9 Å². The van der Waals surface area contributed by atoms with Crippen LogP contribution in [-0.4, -0.2) is 6.71 Å². The molecule has 2 saturated carbocycles. The lowest BCUT2D eigenvalue weighted by Crippen LogP contribution is -2.31. The second kappa shape index (κ2) is 8.23. The van der Waals surface area contributed by atoms with Gasteiger partial charge in [-0.15, -0.1) is 0 Å². The molecule has 0 spiro atoms. The predicted octanol–water partition coefficient (Wildman–Crippen LogP) is 6.95. The largest absolute Gasteiger partial charge is 0.146 e. The number of rotatable bonds is 5. The molecule has 22 heavy (non-hydrogen) atoms. The molecule has 0 aromatic heterocycles. The maximum absolute atomic E-state index is 2.47. The van der Waals surface area contributed by atoms with E-state index in [4.69, 9.17) is 0 Å². The molecule has 120 valence electrons. The Morgan fingerprint density at radius 1 is 0.818 bits per heavy atom. The first-order chi connectivity index (χ1) is 10.8. The molecule has 1 unspecified atom stereocenters. The van der Waals surface area contributed by atoms with Gasteiger partial charge in [0.2, 0.25) is 0 Å². The van der Waals surface area contributed by atoms with E-state index in [2.05, 4.69) is 37.3 Å². The van der Waals surface area contributed by atoms with Gasteiger partial charge in [-0.05, 0) is 11.5 Å². The average molecular weight is 296 g/mol. The molecule has 0 radical (unpaired) electrons. The summed E-state index contributed by atoms with van der Waals surface area (Å²) in [7, 11) is 0. The maximum atomic E-state index is 2.47. The minimum Gasteiger partial charge on any atom is -0.0670 e. The topological polar surface area (TPSA) is 0 Å². The molecule has 3 rings (SSSR count). The van der Waals surface area contributed by atoms with Gasteiger partial charge in [0, 0.05) is 0 Å². The van der Waals surface area contributed by atoms with Crippen molar-refractivity contribution in [2.24, 2.45) is 0 Å². The average Bonchev–Trinajstić information content (AvgIpc) is 2.62. The van der Waals surface area contributed by atoms with Crippen molar-refractivity contribution in [2.75, 3.05) is 0 Å².